The predicted molar refractivity (Wildman–Crippen MR) is 93.9 cm³/mol. The van der Waals surface area contributed by atoms with Gasteiger partial charge >= 0.3 is 0 Å². The summed E-state index contributed by atoms with van der Waals surface area (Å²) in [6.07, 6.45) is 8.32. The standard InChI is InChI=1S/C17H31NO4S/c1-14-12-15(2)17(22-5)16(21-4)10-8-6-7-9-11-23(19,20)18(3)13-14/h8,10,12,15-17H,6-7,9,11,13H2,1-5H3. The van der Waals surface area contributed by atoms with Crippen LogP contribution in [-0.4, -0.2) is 58.5 Å². The van der Waals surface area contributed by atoms with Crippen LogP contribution in [0.2, 0.25) is 0 Å². The minimum Gasteiger partial charge on any atom is -0.378 e. The summed E-state index contributed by atoms with van der Waals surface area (Å²) >= 11 is 0. The van der Waals surface area contributed by atoms with Crippen LogP contribution in [0.5, 0.6) is 0 Å². The number of hydrogen-bond acceptors (Lipinski definition) is 4. The molecule has 0 saturated carbocycles. The maximum absolute atomic E-state index is 12.3. The average molecular weight is 346 g/mol. The van der Waals surface area contributed by atoms with Crippen molar-refractivity contribution in [2.45, 2.75) is 45.3 Å². The van der Waals surface area contributed by atoms with Gasteiger partial charge in [0, 0.05) is 33.7 Å². The van der Waals surface area contributed by atoms with Crippen molar-refractivity contribution in [3.63, 3.8) is 0 Å². The molecular formula is C17H31NO4S. The fourth-order valence-corrected chi connectivity index (χ4v) is 4.23. The summed E-state index contributed by atoms with van der Waals surface area (Å²) in [4.78, 5) is 0. The molecule has 1 aliphatic rings. The van der Waals surface area contributed by atoms with Crippen molar-refractivity contribution < 1.29 is 17.9 Å². The van der Waals surface area contributed by atoms with Gasteiger partial charge in [0.05, 0.1) is 11.9 Å². The van der Waals surface area contributed by atoms with Crippen LogP contribution in [0.15, 0.2) is 23.8 Å². The quantitative estimate of drug-likeness (QED) is 0.722. The third-order valence-corrected chi connectivity index (χ3v) is 6.11. The number of allylic oxidation sites excluding steroid dienone is 1. The van der Waals surface area contributed by atoms with Crippen LogP contribution in [0.1, 0.15) is 33.1 Å². The Kier molecular flexibility index (Phi) is 8.47. The largest absolute Gasteiger partial charge is 0.378 e. The predicted octanol–water partition coefficient (Wildman–Crippen LogP) is 2.60. The molecule has 6 heteroatoms. The van der Waals surface area contributed by atoms with E-state index in [0.29, 0.717) is 13.0 Å². The molecule has 5 nitrogen and oxygen atoms in total. The zero-order valence-electron chi connectivity index (χ0n) is 15.0. The number of rotatable bonds is 2. The molecule has 1 aliphatic heterocycles. The molecule has 0 N–H and O–H groups in total. The van der Waals surface area contributed by atoms with Gasteiger partial charge in [-0.15, -0.1) is 0 Å². The second-order valence-electron chi connectivity index (χ2n) is 6.27. The highest BCUT2D eigenvalue weighted by Crippen LogP contribution is 2.19. The third-order valence-electron chi connectivity index (χ3n) is 4.23. The molecule has 134 valence electrons. The molecule has 0 radical (unpaired) electrons. The van der Waals surface area contributed by atoms with E-state index < -0.39 is 10.0 Å². The van der Waals surface area contributed by atoms with E-state index in [1.807, 2.05) is 13.0 Å². The van der Waals surface area contributed by atoms with Crippen molar-refractivity contribution in [2.75, 3.05) is 33.6 Å². The monoisotopic (exact) mass is 345 g/mol. The molecule has 0 fully saturated rings. The van der Waals surface area contributed by atoms with Gasteiger partial charge in [-0.3, -0.25) is 0 Å². The van der Waals surface area contributed by atoms with Crippen LogP contribution in [0.4, 0.5) is 0 Å². The summed E-state index contributed by atoms with van der Waals surface area (Å²) in [7, 11) is 1.84. The highest BCUT2D eigenvalue weighted by Gasteiger charge is 2.25. The van der Waals surface area contributed by atoms with Gasteiger partial charge in [-0.05, 0) is 26.2 Å². The SMILES string of the molecule is COC1C=CCCCCS(=O)(=O)N(C)CC(C)=CC(C)C1OC. The second-order valence-corrected chi connectivity index (χ2v) is 8.46. The van der Waals surface area contributed by atoms with Crippen molar-refractivity contribution in [1.29, 1.82) is 0 Å². The first-order chi connectivity index (χ1) is 10.8. The van der Waals surface area contributed by atoms with Gasteiger partial charge < -0.3 is 9.47 Å². The minimum atomic E-state index is -3.18. The van der Waals surface area contributed by atoms with E-state index in [1.165, 1.54) is 4.31 Å². The van der Waals surface area contributed by atoms with Gasteiger partial charge in [0.1, 0.15) is 6.10 Å². The highest BCUT2D eigenvalue weighted by atomic mass is 32.2. The van der Waals surface area contributed by atoms with Crippen molar-refractivity contribution in [3.05, 3.63) is 23.8 Å². The summed E-state index contributed by atoms with van der Waals surface area (Å²) in [5, 5.41) is 0. The molecule has 3 atom stereocenters. The zero-order chi connectivity index (χ0) is 17.5. The molecule has 1 heterocycles. The third kappa shape index (κ3) is 6.37. The number of ether oxygens (including phenoxy) is 2. The van der Waals surface area contributed by atoms with Gasteiger partial charge in [0.25, 0.3) is 0 Å². The van der Waals surface area contributed by atoms with E-state index in [0.717, 1.165) is 18.4 Å². The number of hydrogen-bond donors (Lipinski definition) is 0. The lowest BCUT2D eigenvalue weighted by Gasteiger charge is -2.27. The fraction of sp³-hybridized carbons (Fsp3) is 0.765. The Morgan fingerprint density at radius 2 is 1.91 bits per heavy atom. The Balaban J connectivity index is 3.04. The smallest absolute Gasteiger partial charge is 0.214 e. The molecule has 0 spiro atoms. The molecular weight excluding hydrogens is 314 g/mol. The lowest BCUT2D eigenvalue weighted by molar-refractivity contribution is -0.0297. The number of likely N-dealkylation sites (N-methyl/N-ethyl adjacent to an activating group) is 1. The summed E-state index contributed by atoms with van der Waals surface area (Å²) in [5.41, 5.74) is 1.02. The molecule has 1 rings (SSSR count). The van der Waals surface area contributed by atoms with Gasteiger partial charge in [-0.2, -0.15) is 0 Å². The molecule has 0 aromatic heterocycles. The zero-order valence-corrected chi connectivity index (χ0v) is 15.8. The number of nitrogens with zero attached hydrogens (tertiary/aromatic N) is 1. The van der Waals surface area contributed by atoms with E-state index in [4.69, 9.17) is 9.47 Å². The van der Waals surface area contributed by atoms with Crippen LogP contribution in [0.3, 0.4) is 0 Å². The fourth-order valence-electron chi connectivity index (χ4n) is 2.95. The Morgan fingerprint density at radius 3 is 2.52 bits per heavy atom. The van der Waals surface area contributed by atoms with E-state index >= 15 is 0 Å². The summed E-state index contributed by atoms with van der Waals surface area (Å²) in [6.45, 7) is 4.44. The average Bonchev–Trinajstić information content (AvgIpc) is 2.48. The van der Waals surface area contributed by atoms with Crippen LogP contribution < -0.4 is 0 Å². The molecule has 0 amide bonds. The van der Waals surface area contributed by atoms with E-state index in [1.54, 1.807) is 21.3 Å². The first kappa shape index (κ1) is 20.4. The summed E-state index contributed by atoms with van der Waals surface area (Å²) < 4.78 is 37.2. The lowest BCUT2D eigenvalue weighted by atomic mass is 9.96. The minimum absolute atomic E-state index is 0.101. The van der Waals surface area contributed by atoms with Gasteiger partial charge in [0.2, 0.25) is 10.0 Å². The normalized spacial score (nSPS) is 31.3. The molecule has 0 aromatic rings. The highest BCUT2D eigenvalue weighted by molar-refractivity contribution is 7.89. The second kappa shape index (κ2) is 9.57. The van der Waals surface area contributed by atoms with Crippen molar-refractivity contribution >= 4 is 10.0 Å². The molecule has 23 heavy (non-hydrogen) atoms. The van der Waals surface area contributed by atoms with E-state index in [9.17, 15) is 8.42 Å². The Morgan fingerprint density at radius 1 is 1.22 bits per heavy atom. The first-order valence-electron chi connectivity index (χ1n) is 8.15. The van der Waals surface area contributed by atoms with Crippen molar-refractivity contribution in [1.82, 2.24) is 4.31 Å². The van der Waals surface area contributed by atoms with Crippen LogP contribution in [0, 0.1) is 5.92 Å². The van der Waals surface area contributed by atoms with Gasteiger partial charge in [0.15, 0.2) is 0 Å². The van der Waals surface area contributed by atoms with Crippen molar-refractivity contribution in [3.8, 4) is 0 Å². The van der Waals surface area contributed by atoms with E-state index in [2.05, 4.69) is 19.1 Å². The Labute approximate surface area is 141 Å². The summed E-state index contributed by atoms with van der Waals surface area (Å²) in [5.74, 6) is 0.322. The van der Waals surface area contributed by atoms with Crippen LogP contribution in [0.25, 0.3) is 0 Å². The van der Waals surface area contributed by atoms with Crippen LogP contribution >= 0.6 is 0 Å². The van der Waals surface area contributed by atoms with Crippen molar-refractivity contribution in [2.24, 2.45) is 5.92 Å². The Bertz CT molecular complexity index is 513. The first-order valence-corrected chi connectivity index (χ1v) is 9.76. The molecule has 0 aliphatic carbocycles. The van der Waals surface area contributed by atoms with Gasteiger partial charge in [-0.1, -0.05) is 30.7 Å². The summed E-state index contributed by atoms with van der Waals surface area (Å²) in [6, 6.07) is 0. The van der Waals surface area contributed by atoms with Gasteiger partial charge in [-0.25, -0.2) is 12.7 Å². The molecule has 0 bridgehead atoms. The molecule has 3 unspecified atom stereocenters. The number of methoxy groups -OCH3 is 2. The lowest BCUT2D eigenvalue weighted by Crippen LogP contribution is -2.34. The maximum Gasteiger partial charge on any atom is 0.214 e. The van der Waals surface area contributed by atoms with Crippen LogP contribution in [-0.2, 0) is 19.5 Å². The maximum atomic E-state index is 12.3. The molecule has 0 aromatic carbocycles. The number of sulfonamides is 1. The molecule has 0 saturated heterocycles. The topological polar surface area (TPSA) is 55.8 Å². The Hall–Kier alpha value is -0.690. The van der Waals surface area contributed by atoms with E-state index in [-0.39, 0.29) is 23.9 Å².